The highest BCUT2D eigenvalue weighted by atomic mass is 127. The summed E-state index contributed by atoms with van der Waals surface area (Å²) < 4.78 is 52.6. The van der Waals surface area contributed by atoms with Gasteiger partial charge >= 0.3 is 6.18 Å². The van der Waals surface area contributed by atoms with E-state index in [0.29, 0.717) is 44.7 Å². The molecule has 0 spiro atoms. The quantitative estimate of drug-likeness (QED) is 0.108. The van der Waals surface area contributed by atoms with Crippen molar-refractivity contribution in [1.29, 1.82) is 0 Å². The van der Waals surface area contributed by atoms with E-state index in [1.165, 1.54) is 31.3 Å². The Morgan fingerprint density at radius 3 is 2.16 bits per heavy atom. The largest absolute Gasteiger partial charge is 0.502 e. The number of hydrazine groups is 1. The number of nitrogens with zero attached hydrogens (tertiary/aromatic N) is 3. The van der Waals surface area contributed by atoms with E-state index in [9.17, 15) is 32.7 Å². The Balaban J connectivity index is 1.34. The summed E-state index contributed by atoms with van der Waals surface area (Å²) in [5, 5.41) is 11.5. The molecular formula is C40H30Cl2F3IN4O7. The van der Waals surface area contributed by atoms with Crippen LogP contribution >= 0.6 is 45.8 Å². The molecule has 8 rings (SSSR count). The van der Waals surface area contributed by atoms with Gasteiger partial charge in [0.25, 0.3) is 11.8 Å². The second-order valence-corrected chi connectivity index (χ2v) is 16.3. The van der Waals surface area contributed by atoms with Gasteiger partial charge in [0.15, 0.2) is 17.3 Å². The number of amides is 4. The van der Waals surface area contributed by atoms with E-state index in [0.717, 1.165) is 3.57 Å². The van der Waals surface area contributed by atoms with Crippen molar-refractivity contribution in [2.24, 2.45) is 23.7 Å². The number of ether oxygens (including phenoxy) is 2. The van der Waals surface area contributed by atoms with Crippen LogP contribution in [-0.2, 0) is 30.8 Å². The number of fused-ring (bicyclic) bond motifs is 4. The molecule has 1 aromatic heterocycles. The van der Waals surface area contributed by atoms with Crippen LogP contribution < -0.4 is 19.8 Å². The number of methoxy groups -OCH3 is 2. The fourth-order valence-corrected chi connectivity index (χ4v) is 9.78. The fraction of sp³-hybridized carbons (Fsp3) is 0.275. The highest BCUT2D eigenvalue weighted by Gasteiger charge is 2.70. The molecule has 2 aliphatic carbocycles. The predicted molar refractivity (Wildman–Crippen MR) is 210 cm³/mol. The minimum Gasteiger partial charge on any atom is -0.502 e. The number of phenolic OH excluding ortho intramolecular Hbond substituents is 1. The fourth-order valence-electron chi connectivity index (χ4n) is 9.08. The molecule has 4 amide bonds. The number of allylic oxidation sites excluding steroid dienone is 2. The number of aromatic hydroxyl groups is 1. The Morgan fingerprint density at radius 1 is 0.912 bits per heavy atom. The number of hydrogen-bond acceptors (Lipinski definition) is 9. The first-order valence-electron chi connectivity index (χ1n) is 17.5. The Hall–Kier alpha value is -4.87. The van der Waals surface area contributed by atoms with E-state index in [1.54, 1.807) is 48.5 Å². The van der Waals surface area contributed by atoms with Crippen LogP contribution in [0, 0.1) is 27.2 Å². The number of alkyl halides is 3. The van der Waals surface area contributed by atoms with Gasteiger partial charge in [-0.25, -0.2) is 4.98 Å². The normalized spacial score (nSPS) is 25.5. The molecule has 1 saturated carbocycles. The van der Waals surface area contributed by atoms with Crippen molar-refractivity contribution in [2.45, 2.75) is 30.4 Å². The van der Waals surface area contributed by atoms with E-state index >= 15 is 4.79 Å². The van der Waals surface area contributed by atoms with Gasteiger partial charge in [0.05, 0.1) is 53.7 Å². The highest BCUT2D eigenvalue weighted by molar-refractivity contribution is 14.1. The molecule has 2 saturated heterocycles. The summed E-state index contributed by atoms with van der Waals surface area (Å²) >= 11 is 14.8. The average Bonchev–Trinajstić information content (AvgIpc) is 3.56. The predicted octanol–water partition coefficient (Wildman–Crippen LogP) is 7.92. The van der Waals surface area contributed by atoms with E-state index in [-0.39, 0.29) is 41.8 Å². The van der Waals surface area contributed by atoms with E-state index in [2.05, 4.69) is 33.0 Å². The molecule has 294 valence electrons. The van der Waals surface area contributed by atoms with Gasteiger partial charge in [-0.05, 0) is 107 Å². The van der Waals surface area contributed by atoms with Gasteiger partial charge < -0.3 is 14.6 Å². The molecule has 2 N–H and O–H groups in total. The third kappa shape index (κ3) is 6.02. The van der Waals surface area contributed by atoms with Gasteiger partial charge in [-0.15, -0.1) is 0 Å². The summed E-state index contributed by atoms with van der Waals surface area (Å²) in [6.07, 6.45) is -2.32. The monoisotopic (exact) mass is 932 g/mol. The lowest BCUT2D eigenvalue weighted by Crippen LogP contribution is -2.53. The van der Waals surface area contributed by atoms with Crippen molar-refractivity contribution >= 4 is 80.9 Å². The zero-order chi connectivity index (χ0) is 40.7. The van der Waals surface area contributed by atoms with Gasteiger partial charge in [0, 0.05) is 20.7 Å². The Kier molecular flexibility index (Phi) is 9.71. The number of phenols is 1. The van der Waals surface area contributed by atoms with Crippen molar-refractivity contribution in [3.63, 3.8) is 0 Å². The Morgan fingerprint density at radius 2 is 1.56 bits per heavy atom. The molecule has 3 heterocycles. The molecule has 6 atom stereocenters. The number of aromatic nitrogens is 1. The number of imide groups is 2. The highest BCUT2D eigenvalue weighted by Crippen LogP contribution is 2.65. The maximum absolute atomic E-state index is 15.4. The summed E-state index contributed by atoms with van der Waals surface area (Å²) in [4.78, 5) is 64.0. The van der Waals surface area contributed by atoms with Gasteiger partial charge in [-0.2, -0.15) is 18.2 Å². The topological polar surface area (TPSA) is 138 Å². The molecule has 2 aliphatic heterocycles. The SMILES string of the molecule is COc1cc([C@H]2C3=CC[C@@H]4C(=O)N(c5ccc(I)cc5)C(=O)[C@@H]4[C@@H]3C[C@H]3C(=O)N(Nc4ncc(C(F)(F)F)cc4Cl)C(=O)[C@@]23c2ccc(Cl)cc2)cc(OC)c1O. The number of rotatable bonds is 7. The number of pyridine rings is 1. The van der Waals surface area contributed by atoms with Crippen LogP contribution in [0.25, 0.3) is 0 Å². The summed E-state index contributed by atoms with van der Waals surface area (Å²) in [6, 6.07) is 17.0. The molecule has 4 aliphatic rings. The summed E-state index contributed by atoms with van der Waals surface area (Å²) in [7, 11) is 2.67. The molecule has 57 heavy (non-hydrogen) atoms. The first-order chi connectivity index (χ1) is 27.1. The third-order valence-corrected chi connectivity index (χ3v) is 12.7. The van der Waals surface area contributed by atoms with Crippen LogP contribution in [0.3, 0.4) is 0 Å². The molecule has 4 aromatic rings. The number of halogens is 6. The molecule has 0 radical (unpaired) electrons. The van der Waals surface area contributed by atoms with Crippen LogP contribution in [0.1, 0.15) is 35.4 Å². The van der Waals surface area contributed by atoms with Gasteiger partial charge in [0.2, 0.25) is 17.6 Å². The third-order valence-electron chi connectivity index (χ3n) is 11.5. The van der Waals surface area contributed by atoms with Crippen molar-refractivity contribution in [3.05, 3.63) is 115 Å². The van der Waals surface area contributed by atoms with Crippen LogP contribution in [0.15, 0.2) is 84.6 Å². The van der Waals surface area contributed by atoms with E-state index < -0.39 is 69.5 Å². The maximum Gasteiger partial charge on any atom is 0.417 e. The van der Waals surface area contributed by atoms with Crippen molar-refractivity contribution in [2.75, 3.05) is 24.5 Å². The standard InChI is InChI=1S/C40H30Cl2F3IN4O7/c1-56-29-13-18(14-30(57-2)33(29)51)32-24-11-12-25-31(37(54)49(35(25)52)23-9-7-22(46)8-10-23)26(24)16-27-36(53)50(38(55)39(27,32)19-3-5-21(41)6-4-19)48-34-28(42)15-20(17-47-34)40(43,44)45/h3-11,13-15,17,25-27,31-32,51H,12,16H2,1-2H3,(H,47,48)/t25-,26+,27-,31-,32-,39+/m0/s1. The number of carbonyl (C=O) groups excluding carboxylic acids is 4. The number of nitrogens with one attached hydrogen (secondary N) is 1. The van der Waals surface area contributed by atoms with Crippen LogP contribution in [0.4, 0.5) is 24.7 Å². The molecule has 11 nitrogen and oxygen atoms in total. The van der Waals surface area contributed by atoms with E-state index in [4.69, 9.17) is 32.7 Å². The smallest absolute Gasteiger partial charge is 0.417 e. The summed E-state index contributed by atoms with van der Waals surface area (Å²) in [6.45, 7) is 0. The van der Waals surface area contributed by atoms with Crippen LogP contribution in [-0.4, -0.2) is 52.9 Å². The van der Waals surface area contributed by atoms with Gasteiger partial charge in [0.1, 0.15) is 0 Å². The van der Waals surface area contributed by atoms with E-state index in [1.807, 2.05) is 6.08 Å². The molecule has 0 unspecified atom stereocenters. The maximum atomic E-state index is 15.4. The number of anilines is 2. The minimum atomic E-state index is -4.77. The van der Waals surface area contributed by atoms with Crippen molar-refractivity contribution in [1.82, 2.24) is 9.99 Å². The lowest BCUT2D eigenvalue weighted by molar-refractivity contribution is -0.139. The second kappa shape index (κ2) is 14.2. The first-order valence-corrected chi connectivity index (χ1v) is 19.4. The molecule has 0 bridgehead atoms. The summed E-state index contributed by atoms with van der Waals surface area (Å²) in [5.74, 6) is -7.88. The first kappa shape index (κ1) is 39.0. The zero-order valence-corrected chi connectivity index (χ0v) is 33.5. The average molecular weight is 934 g/mol. The molecule has 3 fully saturated rings. The number of benzene rings is 3. The van der Waals surface area contributed by atoms with Crippen molar-refractivity contribution < 1.29 is 46.9 Å². The molecular weight excluding hydrogens is 903 g/mol. The molecule has 3 aromatic carbocycles. The second-order valence-electron chi connectivity index (χ2n) is 14.2. The lowest BCUT2D eigenvalue weighted by Gasteiger charge is -2.50. The Labute approximate surface area is 346 Å². The molecule has 17 heteroatoms. The summed E-state index contributed by atoms with van der Waals surface area (Å²) in [5.41, 5.74) is 1.39. The Bertz CT molecular complexity index is 2370. The minimum absolute atomic E-state index is 0.00643. The lowest BCUT2D eigenvalue weighted by atomic mass is 9.49. The van der Waals surface area contributed by atoms with Crippen LogP contribution in [0.5, 0.6) is 17.2 Å². The number of carbonyl (C=O) groups is 4. The van der Waals surface area contributed by atoms with Gasteiger partial charge in [-0.3, -0.25) is 29.5 Å². The zero-order valence-electron chi connectivity index (χ0n) is 29.8. The van der Waals surface area contributed by atoms with Gasteiger partial charge in [-0.1, -0.05) is 47.0 Å². The van der Waals surface area contributed by atoms with Crippen molar-refractivity contribution in [3.8, 4) is 17.2 Å². The number of hydrogen-bond donors (Lipinski definition) is 2. The van der Waals surface area contributed by atoms with Crippen LogP contribution in [0.2, 0.25) is 10.0 Å².